The third-order valence-corrected chi connectivity index (χ3v) is 3.13. The molecule has 0 aliphatic carbocycles. The van der Waals surface area contributed by atoms with Gasteiger partial charge in [0.15, 0.2) is 0 Å². The highest BCUT2D eigenvalue weighted by atomic mass is 80.0. The molecule has 0 saturated carbocycles. The molecule has 0 N–H and O–H groups in total. The molecule has 13 heavy (non-hydrogen) atoms. The Kier molecular flexibility index (Phi) is 3.52. The second kappa shape index (κ2) is 3.81. The molecule has 2 nitrogen and oxygen atoms in total. The first-order valence-electron chi connectivity index (χ1n) is 3.97. The maximum atomic E-state index is 11.1. The molecule has 1 unspecified atom stereocenters. The van der Waals surface area contributed by atoms with E-state index in [1.54, 1.807) is 0 Å². The molecule has 0 amide bonds. The zero-order valence-electron chi connectivity index (χ0n) is 7.44. The fourth-order valence-corrected chi connectivity index (χ4v) is 2.26. The van der Waals surface area contributed by atoms with Gasteiger partial charge >= 0.3 is 5.97 Å². The van der Waals surface area contributed by atoms with Crippen LogP contribution in [0.2, 0.25) is 0 Å². The Hall–Kier alpha value is 0.910. The molecule has 1 atom stereocenters. The van der Waals surface area contributed by atoms with Crippen molar-refractivity contribution in [2.75, 3.05) is 0 Å². The standard InChI is InChI=1S/C8H11Br3O2/c1-7(2)4-6(12)13-5(7)3-8(9,10)11/h5H,3-4H2,1-2H3. The van der Waals surface area contributed by atoms with Gasteiger partial charge in [0, 0.05) is 11.8 Å². The predicted octanol–water partition coefficient (Wildman–Crippen LogP) is 3.56. The number of carbonyl (C=O) groups excluding carboxylic acids is 1. The number of ether oxygens (including phenoxy) is 1. The summed E-state index contributed by atoms with van der Waals surface area (Å²) in [4.78, 5) is 11.1. The lowest BCUT2D eigenvalue weighted by Gasteiger charge is -2.26. The first kappa shape index (κ1) is 12.0. The Bertz CT molecular complexity index is 220. The number of alkyl halides is 3. The van der Waals surface area contributed by atoms with Crippen molar-refractivity contribution >= 4 is 53.8 Å². The fraction of sp³-hybridized carbons (Fsp3) is 0.875. The Morgan fingerprint density at radius 1 is 1.54 bits per heavy atom. The molecule has 1 aliphatic heterocycles. The molecule has 1 aliphatic rings. The molecule has 1 heterocycles. The van der Waals surface area contributed by atoms with Crippen LogP contribution in [-0.2, 0) is 9.53 Å². The average molecular weight is 379 g/mol. The van der Waals surface area contributed by atoms with Crippen LogP contribution in [0.1, 0.15) is 26.7 Å². The Balaban J connectivity index is 2.65. The molecule has 0 radical (unpaired) electrons. The normalized spacial score (nSPS) is 27.5. The minimum atomic E-state index is -0.334. The number of rotatable bonds is 1. The highest BCUT2D eigenvalue weighted by Gasteiger charge is 2.44. The van der Waals surface area contributed by atoms with Crippen LogP contribution in [0.15, 0.2) is 0 Å². The van der Waals surface area contributed by atoms with Crippen LogP contribution in [-0.4, -0.2) is 14.2 Å². The summed E-state index contributed by atoms with van der Waals surface area (Å²) in [6, 6.07) is 0. The van der Waals surface area contributed by atoms with Crippen molar-refractivity contribution in [3.8, 4) is 0 Å². The van der Waals surface area contributed by atoms with Gasteiger partial charge in [-0.3, -0.25) is 4.79 Å². The summed E-state index contributed by atoms with van der Waals surface area (Å²) in [5.74, 6) is -0.105. The van der Waals surface area contributed by atoms with Crippen LogP contribution in [0.3, 0.4) is 0 Å². The van der Waals surface area contributed by atoms with Gasteiger partial charge in [-0.05, 0) is 0 Å². The lowest BCUT2D eigenvalue weighted by atomic mass is 9.84. The zero-order chi connectivity index (χ0) is 10.3. The summed E-state index contributed by atoms with van der Waals surface area (Å²) in [6.45, 7) is 4.09. The van der Waals surface area contributed by atoms with Crippen LogP contribution >= 0.6 is 47.8 Å². The van der Waals surface area contributed by atoms with Gasteiger partial charge in [-0.1, -0.05) is 61.6 Å². The average Bonchev–Trinajstić information content (AvgIpc) is 2.00. The second-order valence-corrected chi connectivity index (χ2v) is 11.2. The minimum Gasteiger partial charge on any atom is -0.462 e. The largest absolute Gasteiger partial charge is 0.462 e. The Labute approximate surface area is 103 Å². The van der Waals surface area contributed by atoms with E-state index in [1.165, 1.54) is 0 Å². The van der Waals surface area contributed by atoms with E-state index < -0.39 is 0 Å². The number of cyclic esters (lactones) is 1. The molecule has 5 heteroatoms. The lowest BCUT2D eigenvalue weighted by molar-refractivity contribution is -0.141. The molecule has 0 aromatic carbocycles. The maximum absolute atomic E-state index is 11.1. The highest BCUT2D eigenvalue weighted by molar-refractivity contribution is 9.39. The van der Waals surface area contributed by atoms with Crippen molar-refractivity contribution in [3.63, 3.8) is 0 Å². The van der Waals surface area contributed by atoms with E-state index in [9.17, 15) is 4.79 Å². The van der Waals surface area contributed by atoms with Crippen LogP contribution in [0.5, 0.6) is 0 Å². The SMILES string of the molecule is CC1(C)CC(=O)OC1CC(Br)(Br)Br. The van der Waals surface area contributed by atoms with Crippen molar-refractivity contribution in [1.82, 2.24) is 0 Å². The molecule has 76 valence electrons. The van der Waals surface area contributed by atoms with Gasteiger partial charge in [0.1, 0.15) is 8.25 Å². The van der Waals surface area contributed by atoms with Crippen LogP contribution in [0.25, 0.3) is 0 Å². The molecule has 0 aromatic heterocycles. The highest BCUT2D eigenvalue weighted by Crippen LogP contribution is 2.45. The summed E-state index contributed by atoms with van der Waals surface area (Å²) in [6.07, 6.45) is 1.16. The second-order valence-electron chi connectivity index (χ2n) is 3.96. The van der Waals surface area contributed by atoms with Crippen molar-refractivity contribution in [2.24, 2.45) is 5.41 Å². The van der Waals surface area contributed by atoms with E-state index in [4.69, 9.17) is 4.74 Å². The van der Waals surface area contributed by atoms with E-state index in [0.717, 1.165) is 0 Å². The van der Waals surface area contributed by atoms with Crippen molar-refractivity contribution in [2.45, 2.75) is 34.9 Å². The minimum absolute atomic E-state index is 0.0434. The van der Waals surface area contributed by atoms with E-state index in [2.05, 4.69) is 47.8 Å². The summed E-state index contributed by atoms with van der Waals surface area (Å²) >= 11 is 10.2. The number of hydrogen-bond donors (Lipinski definition) is 0. The molecule has 1 rings (SSSR count). The number of esters is 1. The van der Waals surface area contributed by atoms with Crippen LogP contribution < -0.4 is 0 Å². The molecule has 0 spiro atoms. The maximum Gasteiger partial charge on any atom is 0.306 e. The predicted molar refractivity (Wildman–Crippen MR) is 62.4 cm³/mol. The third-order valence-electron chi connectivity index (χ3n) is 2.16. The Morgan fingerprint density at radius 2 is 2.08 bits per heavy atom. The Morgan fingerprint density at radius 3 is 2.38 bits per heavy atom. The molecular weight excluding hydrogens is 368 g/mol. The van der Waals surface area contributed by atoms with E-state index in [1.807, 2.05) is 13.8 Å². The first-order valence-corrected chi connectivity index (χ1v) is 6.35. The van der Waals surface area contributed by atoms with E-state index in [-0.39, 0.29) is 19.6 Å². The van der Waals surface area contributed by atoms with Gasteiger partial charge in [-0.15, -0.1) is 0 Å². The van der Waals surface area contributed by atoms with E-state index in [0.29, 0.717) is 12.8 Å². The molecule has 0 aromatic rings. The number of carbonyl (C=O) groups is 1. The van der Waals surface area contributed by atoms with Gasteiger partial charge in [-0.25, -0.2) is 0 Å². The van der Waals surface area contributed by atoms with Gasteiger partial charge in [0.2, 0.25) is 0 Å². The quantitative estimate of drug-likeness (QED) is 0.515. The molecule has 1 saturated heterocycles. The van der Waals surface area contributed by atoms with E-state index >= 15 is 0 Å². The van der Waals surface area contributed by atoms with Gasteiger partial charge < -0.3 is 4.74 Å². The molecule has 1 fully saturated rings. The van der Waals surface area contributed by atoms with Gasteiger partial charge in [0.25, 0.3) is 0 Å². The van der Waals surface area contributed by atoms with Gasteiger partial charge in [0.05, 0.1) is 6.42 Å². The summed E-state index contributed by atoms with van der Waals surface area (Å²) < 4.78 is 4.89. The lowest BCUT2D eigenvalue weighted by Crippen LogP contribution is -2.28. The van der Waals surface area contributed by atoms with Crippen molar-refractivity contribution in [3.05, 3.63) is 0 Å². The van der Waals surface area contributed by atoms with Gasteiger partial charge in [-0.2, -0.15) is 0 Å². The topological polar surface area (TPSA) is 26.3 Å². The first-order chi connectivity index (χ1) is 5.71. The molecule has 0 bridgehead atoms. The number of hydrogen-bond acceptors (Lipinski definition) is 2. The van der Waals surface area contributed by atoms with Crippen LogP contribution in [0, 0.1) is 5.41 Å². The van der Waals surface area contributed by atoms with Crippen LogP contribution in [0.4, 0.5) is 0 Å². The summed E-state index contributed by atoms with van der Waals surface area (Å²) in [5, 5.41) is 0. The van der Waals surface area contributed by atoms with Crippen molar-refractivity contribution < 1.29 is 9.53 Å². The fourth-order valence-electron chi connectivity index (χ4n) is 1.37. The summed E-state index contributed by atoms with van der Waals surface area (Å²) in [7, 11) is 0. The van der Waals surface area contributed by atoms with Crippen molar-refractivity contribution in [1.29, 1.82) is 0 Å². The zero-order valence-corrected chi connectivity index (χ0v) is 12.2. The number of halogens is 3. The third kappa shape index (κ3) is 3.51. The molecular formula is C8H11Br3O2. The monoisotopic (exact) mass is 376 g/mol. The smallest absolute Gasteiger partial charge is 0.306 e. The summed E-state index contributed by atoms with van der Waals surface area (Å²) in [5.41, 5.74) is -0.0718.